The quantitative estimate of drug-likeness (QED) is 0.846. The molecule has 0 amide bonds. The number of nitrogens with one attached hydrogen (secondary N) is 1. The molecular formula is C15H21N3O2. The number of pyridine rings is 1. The molecule has 2 aromatic heterocycles. The normalized spacial score (nSPS) is 19.6. The van der Waals surface area contributed by atoms with E-state index in [4.69, 9.17) is 9.15 Å². The molecule has 1 aliphatic rings. The van der Waals surface area contributed by atoms with Crippen molar-refractivity contribution in [1.29, 1.82) is 0 Å². The number of nitrogens with zero attached hydrogens (tertiary/aromatic N) is 2. The second-order valence-corrected chi connectivity index (χ2v) is 5.09. The number of morpholine rings is 1. The lowest BCUT2D eigenvalue weighted by Crippen LogP contribution is -2.51. The van der Waals surface area contributed by atoms with Crippen molar-refractivity contribution in [2.45, 2.75) is 19.4 Å². The Labute approximate surface area is 118 Å². The minimum Gasteiger partial charge on any atom is -0.464 e. The summed E-state index contributed by atoms with van der Waals surface area (Å²) in [6.07, 6.45) is 4.68. The van der Waals surface area contributed by atoms with Crippen LogP contribution >= 0.6 is 0 Å². The molecule has 1 N–H and O–H groups in total. The molecule has 0 spiro atoms. The van der Waals surface area contributed by atoms with Crippen molar-refractivity contribution in [2.24, 2.45) is 0 Å². The van der Waals surface area contributed by atoms with Crippen molar-refractivity contribution < 1.29 is 9.15 Å². The van der Waals surface area contributed by atoms with Gasteiger partial charge in [-0.05, 0) is 25.1 Å². The van der Waals surface area contributed by atoms with Crippen LogP contribution in [-0.4, -0.2) is 43.9 Å². The summed E-state index contributed by atoms with van der Waals surface area (Å²) in [5, 5.41) is 4.55. The van der Waals surface area contributed by atoms with E-state index in [1.165, 1.54) is 0 Å². The van der Waals surface area contributed by atoms with Gasteiger partial charge in [-0.3, -0.25) is 0 Å². The van der Waals surface area contributed by atoms with Crippen LogP contribution in [0.3, 0.4) is 0 Å². The lowest BCUT2D eigenvalue weighted by molar-refractivity contribution is 0.0935. The van der Waals surface area contributed by atoms with Crippen molar-refractivity contribution in [1.82, 2.24) is 10.3 Å². The van der Waals surface area contributed by atoms with Gasteiger partial charge in [0.25, 0.3) is 0 Å². The fourth-order valence-corrected chi connectivity index (χ4v) is 2.66. The van der Waals surface area contributed by atoms with Crippen LogP contribution in [0.25, 0.3) is 11.0 Å². The van der Waals surface area contributed by atoms with E-state index in [1.807, 2.05) is 18.3 Å². The first-order valence-corrected chi connectivity index (χ1v) is 7.27. The summed E-state index contributed by atoms with van der Waals surface area (Å²) in [5.41, 5.74) is 0.891. The van der Waals surface area contributed by atoms with Crippen LogP contribution in [0.4, 0.5) is 5.82 Å². The third-order valence-corrected chi connectivity index (χ3v) is 3.67. The van der Waals surface area contributed by atoms with E-state index in [9.17, 15) is 0 Å². The zero-order valence-electron chi connectivity index (χ0n) is 11.8. The first-order valence-electron chi connectivity index (χ1n) is 7.27. The van der Waals surface area contributed by atoms with Crippen molar-refractivity contribution >= 4 is 16.8 Å². The Morgan fingerprint density at radius 2 is 2.40 bits per heavy atom. The van der Waals surface area contributed by atoms with Gasteiger partial charge in [-0.1, -0.05) is 6.92 Å². The van der Waals surface area contributed by atoms with Gasteiger partial charge < -0.3 is 19.4 Å². The molecule has 0 saturated carbocycles. The van der Waals surface area contributed by atoms with Crippen molar-refractivity contribution in [3.8, 4) is 0 Å². The zero-order chi connectivity index (χ0) is 13.8. The first kappa shape index (κ1) is 13.4. The maximum Gasteiger partial charge on any atom is 0.140 e. The standard InChI is InChI=1S/C15H21N3O2/c1-2-5-16-10-12-11-19-9-7-18(12)15-13-4-8-20-14(13)3-6-17-15/h3-4,6,8,12,16H,2,5,7,9-11H2,1H3. The number of hydrogen-bond acceptors (Lipinski definition) is 5. The van der Waals surface area contributed by atoms with Crippen LogP contribution < -0.4 is 10.2 Å². The van der Waals surface area contributed by atoms with Gasteiger partial charge in [-0.15, -0.1) is 0 Å². The first-order chi connectivity index (χ1) is 9.90. The van der Waals surface area contributed by atoms with Crippen molar-refractivity contribution in [3.05, 3.63) is 24.6 Å². The van der Waals surface area contributed by atoms with Crippen molar-refractivity contribution in [3.63, 3.8) is 0 Å². The molecule has 20 heavy (non-hydrogen) atoms. The third kappa shape index (κ3) is 2.64. The predicted octanol–water partition coefficient (Wildman–Crippen LogP) is 2.03. The number of fused-ring (bicyclic) bond motifs is 1. The molecule has 5 heteroatoms. The molecular weight excluding hydrogens is 254 g/mol. The summed E-state index contributed by atoms with van der Waals surface area (Å²) in [5.74, 6) is 1.00. The highest BCUT2D eigenvalue weighted by Crippen LogP contribution is 2.27. The molecule has 1 fully saturated rings. The molecule has 3 rings (SSSR count). The molecule has 5 nitrogen and oxygen atoms in total. The molecule has 108 valence electrons. The minimum atomic E-state index is 0.322. The Hall–Kier alpha value is -1.59. The van der Waals surface area contributed by atoms with Gasteiger partial charge in [0.1, 0.15) is 11.4 Å². The Kier molecular flexibility index (Phi) is 4.18. The summed E-state index contributed by atoms with van der Waals surface area (Å²) in [6, 6.07) is 4.22. The van der Waals surface area contributed by atoms with E-state index >= 15 is 0 Å². The van der Waals surface area contributed by atoms with Gasteiger partial charge in [0, 0.05) is 19.3 Å². The number of anilines is 1. The zero-order valence-corrected chi connectivity index (χ0v) is 11.8. The molecule has 0 radical (unpaired) electrons. The van der Waals surface area contributed by atoms with Crippen LogP contribution in [0.1, 0.15) is 13.3 Å². The number of aromatic nitrogens is 1. The van der Waals surface area contributed by atoms with Crippen LogP contribution in [0.2, 0.25) is 0 Å². The monoisotopic (exact) mass is 275 g/mol. The lowest BCUT2D eigenvalue weighted by atomic mass is 10.2. The molecule has 1 atom stereocenters. The largest absolute Gasteiger partial charge is 0.464 e. The fourth-order valence-electron chi connectivity index (χ4n) is 2.66. The highest BCUT2D eigenvalue weighted by Gasteiger charge is 2.25. The highest BCUT2D eigenvalue weighted by molar-refractivity contribution is 5.88. The Morgan fingerprint density at radius 3 is 3.30 bits per heavy atom. The number of rotatable bonds is 5. The van der Waals surface area contributed by atoms with E-state index in [1.54, 1.807) is 6.26 Å². The lowest BCUT2D eigenvalue weighted by Gasteiger charge is -2.36. The highest BCUT2D eigenvalue weighted by atomic mass is 16.5. The van der Waals surface area contributed by atoms with Gasteiger partial charge in [-0.25, -0.2) is 4.98 Å². The second-order valence-electron chi connectivity index (χ2n) is 5.09. The number of hydrogen-bond donors (Lipinski definition) is 1. The fraction of sp³-hybridized carbons (Fsp3) is 0.533. The number of furan rings is 1. The van der Waals surface area contributed by atoms with Crippen LogP contribution in [-0.2, 0) is 4.74 Å². The van der Waals surface area contributed by atoms with E-state index in [0.29, 0.717) is 6.04 Å². The SMILES string of the molecule is CCCNCC1COCCN1c1nccc2occc12. The van der Waals surface area contributed by atoms with E-state index < -0.39 is 0 Å². The third-order valence-electron chi connectivity index (χ3n) is 3.67. The van der Waals surface area contributed by atoms with Crippen LogP contribution in [0.15, 0.2) is 29.0 Å². The Balaban J connectivity index is 1.83. The molecule has 0 aromatic carbocycles. The van der Waals surface area contributed by atoms with Gasteiger partial charge in [0.2, 0.25) is 0 Å². The Bertz CT molecular complexity index is 555. The summed E-state index contributed by atoms with van der Waals surface area (Å²) in [4.78, 5) is 6.90. The molecule has 1 unspecified atom stereocenters. The van der Waals surface area contributed by atoms with E-state index in [-0.39, 0.29) is 0 Å². The smallest absolute Gasteiger partial charge is 0.140 e. The summed E-state index contributed by atoms with van der Waals surface area (Å²) in [7, 11) is 0. The Morgan fingerprint density at radius 1 is 1.45 bits per heavy atom. The topological polar surface area (TPSA) is 50.5 Å². The van der Waals surface area contributed by atoms with Gasteiger partial charge in [0.15, 0.2) is 0 Å². The maximum atomic E-state index is 5.63. The van der Waals surface area contributed by atoms with Gasteiger partial charge in [0.05, 0.1) is 30.9 Å². The predicted molar refractivity (Wildman–Crippen MR) is 79.1 cm³/mol. The van der Waals surface area contributed by atoms with E-state index in [2.05, 4.69) is 22.1 Å². The number of ether oxygens (including phenoxy) is 1. The van der Waals surface area contributed by atoms with Gasteiger partial charge in [-0.2, -0.15) is 0 Å². The average Bonchev–Trinajstić information content (AvgIpc) is 2.96. The van der Waals surface area contributed by atoms with Crippen molar-refractivity contribution in [2.75, 3.05) is 37.7 Å². The van der Waals surface area contributed by atoms with Gasteiger partial charge >= 0.3 is 0 Å². The second kappa shape index (κ2) is 6.24. The van der Waals surface area contributed by atoms with Crippen LogP contribution in [0.5, 0.6) is 0 Å². The molecule has 1 saturated heterocycles. The summed E-state index contributed by atoms with van der Waals surface area (Å²) in [6.45, 7) is 6.50. The summed E-state index contributed by atoms with van der Waals surface area (Å²) >= 11 is 0. The molecule has 0 aliphatic carbocycles. The van der Waals surface area contributed by atoms with Crippen LogP contribution in [0, 0.1) is 0 Å². The summed E-state index contributed by atoms with van der Waals surface area (Å²) < 4.78 is 11.1. The molecule has 3 heterocycles. The molecule has 2 aromatic rings. The van der Waals surface area contributed by atoms with E-state index in [0.717, 1.165) is 56.1 Å². The molecule has 1 aliphatic heterocycles. The minimum absolute atomic E-state index is 0.322. The maximum absolute atomic E-state index is 5.63. The average molecular weight is 275 g/mol. The molecule has 0 bridgehead atoms.